The van der Waals surface area contributed by atoms with Crippen LogP contribution < -0.4 is 5.73 Å². The number of hydrogen-bond acceptors (Lipinski definition) is 4. The van der Waals surface area contributed by atoms with E-state index in [-0.39, 0.29) is 6.10 Å². The highest BCUT2D eigenvalue weighted by atomic mass is 16.5. The van der Waals surface area contributed by atoms with Gasteiger partial charge in [0.15, 0.2) is 0 Å². The Labute approximate surface area is 97.2 Å². The number of esters is 1. The molecule has 0 saturated heterocycles. The van der Waals surface area contributed by atoms with E-state index in [1.54, 1.807) is 0 Å². The van der Waals surface area contributed by atoms with Crippen molar-refractivity contribution in [2.75, 3.05) is 0 Å². The van der Waals surface area contributed by atoms with Crippen molar-refractivity contribution in [1.82, 2.24) is 0 Å². The van der Waals surface area contributed by atoms with Crippen molar-refractivity contribution < 1.29 is 14.6 Å². The molecule has 0 aliphatic heterocycles. The van der Waals surface area contributed by atoms with Gasteiger partial charge < -0.3 is 15.6 Å². The van der Waals surface area contributed by atoms with Gasteiger partial charge in [-0.05, 0) is 38.5 Å². The number of carbonyl (C=O) groups is 1. The number of carbonyl (C=O) groups excluding carboxylic acids is 1. The fourth-order valence-corrected chi connectivity index (χ4v) is 2.22. The molecular formula is C12H23NO3. The molecule has 0 heterocycles. The molecule has 94 valence electrons. The molecule has 3 N–H and O–H groups in total. The number of hydrogen-bond donors (Lipinski definition) is 2. The topological polar surface area (TPSA) is 72.5 Å². The molecule has 0 spiro atoms. The summed E-state index contributed by atoms with van der Waals surface area (Å²) in [5, 5.41) is 9.22. The van der Waals surface area contributed by atoms with E-state index in [2.05, 4.69) is 6.92 Å². The van der Waals surface area contributed by atoms with Crippen molar-refractivity contribution in [2.45, 2.75) is 64.2 Å². The molecule has 4 nitrogen and oxygen atoms in total. The van der Waals surface area contributed by atoms with E-state index in [9.17, 15) is 9.90 Å². The van der Waals surface area contributed by atoms with Gasteiger partial charge in [-0.1, -0.05) is 13.3 Å². The Morgan fingerprint density at radius 2 is 2.12 bits per heavy atom. The van der Waals surface area contributed by atoms with E-state index in [0.717, 1.165) is 25.7 Å². The standard InChI is InChI=1S/C12H23NO3/c1-3-9-6-4-5-7-10(9)16-12(15)11(13)8(2)14/h8-11,14H,3-7,13H2,1-2H3. The molecule has 0 amide bonds. The highest BCUT2D eigenvalue weighted by Crippen LogP contribution is 2.29. The molecule has 0 radical (unpaired) electrons. The van der Waals surface area contributed by atoms with E-state index in [0.29, 0.717) is 5.92 Å². The lowest BCUT2D eigenvalue weighted by Crippen LogP contribution is -2.44. The third-order valence-corrected chi connectivity index (χ3v) is 3.42. The van der Waals surface area contributed by atoms with Crippen LogP contribution in [0.5, 0.6) is 0 Å². The molecule has 4 unspecified atom stereocenters. The normalized spacial score (nSPS) is 29.5. The Morgan fingerprint density at radius 1 is 1.50 bits per heavy atom. The summed E-state index contributed by atoms with van der Waals surface area (Å²) in [6.07, 6.45) is 4.55. The molecule has 0 aromatic rings. The maximum Gasteiger partial charge on any atom is 0.325 e. The van der Waals surface area contributed by atoms with Gasteiger partial charge in [0.1, 0.15) is 12.1 Å². The van der Waals surface area contributed by atoms with Crippen molar-refractivity contribution in [3.63, 3.8) is 0 Å². The number of aliphatic hydroxyl groups is 1. The van der Waals surface area contributed by atoms with Gasteiger partial charge in [0, 0.05) is 0 Å². The smallest absolute Gasteiger partial charge is 0.325 e. The fraction of sp³-hybridized carbons (Fsp3) is 0.917. The van der Waals surface area contributed by atoms with Crippen molar-refractivity contribution >= 4 is 5.97 Å². The van der Waals surface area contributed by atoms with Gasteiger partial charge in [-0.2, -0.15) is 0 Å². The van der Waals surface area contributed by atoms with Crippen LogP contribution in [0, 0.1) is 5.92 Å². The van der Waals surface area contributed by atoms with Gasteiger partial charge in [-0.3, -0.25) is 4.79 Å². The van der Waals surface area contributed by atoms with Crippen molar-refractivity contribution in [2.24, 2.45) is 11.7 Å². The average molecular weight is 229 g/mol. The highest BCUT2D eigenvalue weighted by Gasteiger charge is 2.29. The third-order valence-electron chi connectivity index (χ3n) is 3.42. The van der Waals surface area contributed by atoms with E-state index >= 15 is 0 Å². The molecule has 16 heavy (non-hydrogen) atoms. The van der Waals surface area contributed by atoms with Crippen LogP contribution in [0.2, 0.25) is 0 Å². The lowest BCUT2D eigenvalue weighted by Gasteiger charge is -2.31. The Hall–Kier alpha value is -0.610. The summed E-state index contributed by atoms with van der Waals surface area (Å²) in [6, 6.07) is -0.917. The molecule has 0 bridgehead atoms. The van der Waals surface area contributed by atoms with Gasteiger partial charge in [0.25, 0.3) is 0 Å². The molecule has 0 aromatic heterocycles. The molecule has 4 atom stereocenters. The zero-order valence-electron chi connectivity index (χ0n) is 10.2. The van der Waals surface area contributed by atoms with E-state index < -0.39 is 18.1 Å². The second-order valence-corrected chi connectivity index (χ2v) is 4.69. The van der Waals surface area contributed by atoms with Crippen LogP contribution in [0.4, 0.5) is 0 Å². The first-order chi connectivity index (χ1) is 7.56. The van der Waals surface area contributed by atoms with Gasteiger partial charge in [0.2, 0.25) is 0 Å². The molecular weight excluding hydrogens is 206 g/mol. The summed E-state index contributed by atoms with van der Waals surface area (Å²) >= 11 is 0. The Kier molecular flexibility index (Phi) is 5.22. The van der Waals surface area contributed by atoms with Gasteiger partial charge in [0.05, 0.1) is 6.10 Å². The molecule has 1 aliphatic rings. The van der Waals surface area contributed by atoms with Crippen LogP contribution in [-0.4, -0.2) is 29.3 Å². The number of ether oxygens (including phenoxy) is 1. The predicted octanol–water partition coefficient (Wildman–Crippen LogP) is 1.21. The minimum Gasteiger partial charge on any atom is -0.461 e. The largest absolute Gasteiger partial charge is 0.461 e. The maximum atomic E-state index is 11.6. The van der Waals surface area contributed by atoms with Gasteiger partial charge in [-0.15, -0.1) is 0 Å². The summed E-state index contributed by atoms with van der Waals surface area (Å²) in [6.45, 7) is 3.62. The number of aliphatic hydroxyl groups excluding tert-OH is 1. The maximum absolute atomic E-state index is 11.6. The SMILES string of the molecule is CCC1CCCCC1OC(=O)C(N)C(C)O. The highest BCUT2D eigenvalue weighted by molar-refractivity contribution is 5.76. The van der Waals surface area contributed by atoms with Crippen LogP contribution >= 0.6 is 0 Å². The lowest BCUT2D eigenvalue weighted by atomic mass is 9.85. The third kappa shape index (κ3) is 3.46. The minimum absolute atomic E-state index is 0.00366. The van der Waals surface area contributed by atoms with Crippen LogP contribution in [0.15, 0.2) is 0 Å². The summed E-state index contributed by atoms with van der Waals surface area (Å²) in [4.78, 5) is 11.6. The van der Waals surface area contributed by atoms with Crippen LogP contribution in [0.3, 0.4) is 0 Å². The van der Waals surface area contributed by atoms with E-state index in [1.807, 2.05) is 0 Å². The van der Waals surface area contributed by atoms with Crippen LogP contribution in [0.25, 0.3) is 0 Å². The number of rotatable bonds is 4. The second-order valence-electron chi connectivity index (χ2n) is 4.69. The molecule has 4 heteroatoms. The zero-order valence-corrected chi connectivity index (χ0v) is 10.2. The number of nitrogens with two attached hydrogens (primary N) is 1. The van der Waals surface area contributed by atoms with E-state index in [1.165, 1.54) is 13.3 Å². The Bertz CT molecular complexity index is 230. The lowest BCUT2D eigenvalue weighted by molar-refractivity contribution is -0.157. The quantitative estimate of drug-likeness (QED) is 0.711. The van der Waals surface area contributed by atoms with Crippen LogP contribution in [-0.2, 0) is 9.53 Å². The fourth-order valence-electron chi connectivity index (χ4n) is 2.22. The first kappa shape index (κ1) is 13.5. The van der Waals surface area contributed by atoms with Crippen molar-refractivity contribution in [3.8, 4) is 0 Å². The van der Waals surface area contributed by atoms with Crippen molar-refractivity contribution in [3.05, 3.63) is 0 Å². The summed E-state index contributed by atoms with van der Waals surface area (Å²) < 4.78 is 5.39. The van der Waals surface area contributed by atoms with Gasteiger partial charge in [-0.25, -0.2) is 0 Å². The van der Waals surface area contributed by atoms with Crippen molar-refractivity contribution in [1.29, 1.82) is 0 Å². The summed E-state index contributed by atoms with van der Waals surface area (Å²) in [5.41, 5.74) is 5.54. The first-order valence-corrected chi connectivity index (χ1v) is 6.20. The average Bonchev–Trinajstić information content (AvgIpc) is 2.28. The van der Waals surface area contributed by atoms with Gasteiger partial charge >= 0.3 is 5.97 Å². The Morgan fingerprint density at radius 3 is 2.69 bits per heavy atom. The van der Waals surface area contributed by atoms with E-state index in [4.69, 9.17) is 10.5 Å². The molecule has 0 aromatic carbocycles. The molecule has 1 aliphatic carbocycles. The Balaban J connectivity index is 2.48. The minimum atomic E-state index is -0.917. The zero-order chi connectivity index (χ0) is 12.1. The monoisotopic (exact) mass is 229 g/mol. The first-order valence-electron chi connectivity index (χ1n) is 6.20. The summed E-state index contributed by atoms with van der Waals surface area (Å²) in [5.74, 6) is -0.0146. The predicted molar refractivity (Wildman–Crippen MR) is 61.8 cm³/mol. The second kappa shape index (κ2) is 6.21. The molecule has 1 fully saturated rings. The summed E-state index contributed by atoms with van der Waals surface area (Å²) in [7, 11) is 0. The molecule has 1 saturated carbocycles. The van der Waals surface area contributed by atoms with Crippen LogP contribution in [0.1, 0.15) is 46.0 Å². The molecule has 1 rings (SSSR count).